The average Bonchev–Trinajstić information content (AvgIpc) is 3.35. The van der Waals surface area contributed by atoms with Crippen LogP contribution in [0.1, 0.15) is 65.2 Å². The van der Waals surface area contributed by atoms with Gasteiger partial charge in [0.2, 0.25) is 0 Å². The van der Waals surface area contributed by atoms with Crippen LogP contribution in [-0.2, 0) is 17.5 Å². The van der Waals surface area contributed by atoms with Gasteiger partial charge in [0.05, 0.1) is 5.56 Å². The summed E-state index contributed by atoms with van der Waals surface area (Å²) in [4.78, 5) is 28.0. The van der Waals surface area contributed by atoms with E-state index < -0.39 is 23.6 Å². The van der Waals surface area contributed by atoms with E-state index >= 15 is 0 Å². The van der Waals surface area contributed by atoms with Gasteiger partial charge in [0.25, 0.3) is 5.91 Å². The maximum atomic E-state index is 13.4. The third-order valence-corrected chi connectivity index (χ3v) is 7.91. The Morgan fingerprint density at radius 2 is 1.68 bits per heavy atom. The van der Waals surface area contributed by atoms with Gasteiger partial charge >= 0.3 is 12.1 Å². The first kappa shape index (κ1) is 27.7. The zero-order valence-electron chi connectivity index (χ0n) is 21.4. The quantitative estimate of drug-likeness (QED) is 0.244. The van der Waals surface area contributed by atoms with Crippen LogP contribution in [0.2, 0.25) is 5.02 Å². The number of rotatable bonds is 7. The van der Waals surface area contributed by atoms with Crippen LogP contribution in [0.15, 0.2) is 67.0 Å². The van der Waals surface area contributed by atoms with Crippen molar-refractivity contribution in [1.82, 2.24) is 14.7 Å². The van der Waals surface area contributed by atoms with E-state index in [4.69, 9.17) is 16.7 Å². The number of fused-ring (bicyclic) bond motifs is 1. The van der Waals surface area contributed by atoms with Gasteiger partial charge in [-0.2, -0.15) is 13.2 Å². The van der Waals surface area contributed by atoms with E-state index in [2.05, 4.69) is 22.4 Å². The van der Waals surface area contributed by atoms with Crippen molar-refractivity contribution in [3.05, 3.63) is 94.4 Å². The Hall–Kier alpha value is -3.85. The maximum absolute atomic E-state index is 13.4. The highest BCUT2D eigenvalue weighted by Gasteiger charge is 2.34. The van der Waals surface area contributed by atoms with E-state index in [1.165, 1.54) is 23.9 Å². The molecule has 6 nitrogen and oxygen atoms in total. The van der Waals surface area contributed by atoms with Gasteiger partial charge in [-0.25, -0.2) is 4.98 Å². The number of pyridine rings is 1. The second-order valence-electron chi connectivity index (χ2n) is 10.2. The zero-order chi connectivity index (χ0) is 28.4. The van der Waals surface area contributed by atoms with Crippen molar-refractivity contribution < 1.29 is 27.9 Å². The molecule has 1 saturated carbocycles. The zero-order valence-corrected chi connectivity index (χ0v) is 22.2. The normalized spacial score (nSPS) is 17.6. The van der Waals surface area contributed by atoms with E-state index in [0.717, 1.165) is 42.9 Å². The lowest BCUT2D eigenvalue weighted by molar-refractivity contribution is -0.139. The fourth-order valence-corrected chi connectivity index (χ4v) is 5.67. The van der Waals surface area contributed by atoms with Crippen molar-refractivity contribution in [2.75, 3.05) is 0 Å². The van der Waals surface area contributed by atoms with E-state index in [0.29, 0.717) is 11.6 Å². The molecule has 2 heterocycles. The molecule has 0 radical (unpaired) electrons. The van der Waals surface area contributed by atoms with Crippen LogP contribution in [-0.4, -0.2) is 26.4 Å². The summed E-state index contributed by atoms with van der Waals surface area (Å²) in [6.45, 7) is -0.389. The lowest BCUT2D eigenvalue weighted by atomic mass is 9.77. The SMILES string of the molecule is O=C(O)C[C@H]1CC[C@H](c2ccc(-c3ccc4nc(C(=O)NCc5c(Cl)cccc5C(F)(F)F)cn4c3)cc2)CC1. The molecule has 0 atom stereocenters. The first-order valence-electron chi connectivity index (χ1n) is 13.0. The molecule has 1 aliphatic rings. The van der Waals surface area contributed by atoms with Gasteiger partial charge in [-0.15, -0.1) is 0 Å². The molecule has 208 valence electrons. The summed E-state index contributed by atoms with van der Waals surface area (Å²) >= 11 is 5.99. The number of amides is 1. The molecular weight excluding hydrogens is 543 g/mol. The lowest BCUT2D eigenvalue weighted by Gasteiger charge is -2.28. The molecular formula is C30H27ClF3N3O3. The summed E-state index contributed by atoms with van der Waals surface area (Å²) in [5, 5.41) is 11.4. The minimum Gasteiger partial charge on any atom is -0.481 e. The van der Waals surface area contributed by atoms with Crippen LogP contribution in [0.3, 0.4) is 0 Å². The molecule has 1 fully saturated rings. The van der Waals surface area contributed by atoms with E-state index in [-0.39, 0.29) is 35.2 Å². The number of carbonyl (C=O) groups excluding carboxylic acids is 1. The molecule has 4 aromatic rings. The summed E-state index contributed by atoms with van der Waals surface area (Å²) in [6, 6.07) is 15.5. The number of imidazole rings is 1. The van der Waals surface area contributed by atoms with Crippen molar-refractivity contribution in [3.8, 4) is 11.1 Å². The predicted octanol–water partition coefficient (Wildman–Crippen LogP) is 7.35. The van der Waals surface area contributed by atoms with Gasteiger partial charge in [0.1, 0.15) is 11.3 Å². The third kappa shape index (κ3) is 6.14. The molecule has 10 heteroatoms. The molecule has 0 spiro atoms. The number of carboxylic acids is 1. The Balaban J connectivity index is 1.26. The van der Waals surface area contributed by atoms with Gasteiger partial charge in [0.15, 0.2) is 0 Å². The Bertz CT molecular complexity index is 1540. The van der Waals surface area contributed by atoms with Crippen molar-refractivity contribution in [3.63, 3.8) is 0 Å². The highest BCUT2D eigenvalue weighted by molar-refractivity contribution is 6.31. The first-order chi connectivity index (χ1) is 19.1. The fourth-order valence-electron chi connectivity index (χ4n) is 5.43. The number of alkyl halides is 3. The number of carboxylic acid groups (broad SMARTS) is 1. The molecule has 0 unspecified atom stereocenters. The number of aliphatic carboxylic acids is 1. The van der Waals surface area contributed by atoms with E-state index in [1.54, 1.807) is 10.5 Å². The molecule has 0 bridgehead atoms. The lowest BCUT2D eigenvalue weighted by Crippen LogP contribution is -2.25. The number of carbonyl (C=O) groups is 2. The van der Waals surface area contributed by atoms with Crippen LogP contribution in [0.25, 0.3) is 16.8 Å². The highest BCUT2D eigenvalue weighted by atomic mass is 35.5. The number of nitrogens with zero attached hydrogens (tertiary/aromatic N) is 2. The van der Waals surface area contributed by atoms with E-state index in [9.17, 15) is 22.8 Å². The highest BCUT2D eigenvalue weighted by Crippen LogP contribution is 2.38. The van der Waals surface area contributed by atoms with Gasteiger partial charge in [0, 0.05) is 35.9 Å². The van der Waals surface area contributed by atoms with E-state index in [1.807, 2.05) is 24.4 Å². The molecule has 1 aliphatic carbocycles. The number of benzene rings is 2. The topological polar surface area (TPSA) is 83.7 Å². The molecule has 1 amide bonds. The Kier molecular flexibility index (Phi) is 7.85. The monoisotopic (exact) mass is 569 g/mol. The summed E-state index contributed by atoms with van der Waals surface area (Å²) in [5.74, 6) is -0.655. The van der Waals surface area contributed by atoms with Crippen LogP contribution in [0, 0.1) is 5.92 Å². The molecule has 5 rings (SSSR count). The Labute approximate surface area is 233 Å². The van der Waals surface area contributed by atoms with Gasteiger partial charge in [-0.05, 0) is 78.5 Å². The van der Waals surface area contributed by atoms with Crippen molar-refractivity contribution in [2.24, 2.45) is 5.92 Å². The largest absolute Gasteiger partial charge is 0.481 e. The smallest absolute Gasteiger partial charge is 0.416 e. The maximum Gasteiger partial charge on any atom is 0.416 e. The molecule has 2 N–H and O–H groups in total. The number of aromatic nitrogens is 2. The first-order valence-corrected chi connectivity index (χ1v) is 13.4. The standard InChI is InChI=1S/C30H27ClF3N3O3/c31-25-3-1-2-24(30(32,33)34)23(25)15-35-29(40)26-17-37-16-22(12-13-27(37)36-26)21-10-8-20(9-11-21)19-6-4-18(5-7-19)14-28(38)39/h1-3,8-13,16-19H,4-7,14-15H2,(H,35,40)(H,38,39)/t18-,19-. The van der Waals surface area contributed by atoms with Crippen LogP contribution >= 0.6 is 11.6 Å². The molecule has 2 aromatic heterocycles. The Morgan fingerprint density at radius 1 is 0.975 bits per heavy atom. The Morgan fingerprint density at radius 3 is 2.35 bits per heavy atom. The summed E-state index contributed by atoms with van der Waals surface area (Å²) in [7, 11) is 0. The molecule has 0 aliphatic heterocycles. The summed E-state index contributed by atoms with van der Waals surface area (Å²) < 4.78 is 41.8. The molecule has 40 heavy (non-hydrogen) atoms. The molecule has 0 saturated heterocycles. The van der Waals surface area contributed by atoms with Gasteiger partial charge < -0.3 is 14.8 Å². The minimum absolute atomic E-state index is 0.0756. The van der Waals surface area contributed by atoms with Crippen molar-refractivity contribution in [1.29, 1.82) is 0 Å². The number of hydrogen-bond acceptors (Lipinski definition) is 3. The van der Waals surface area contributed by atoms with Crippen LogP contribution in [0.4, 0.5) is 13.2 Å². The van der Waals surface area contributed by atoms with Crippen molar-refractivity contribution in [2.45, 2.75) is 50.7 Å². The average molecular weight is 570 g/mol. The van der Waals surface area contributed by atoms with Crippen LogP contribution < -0.4 is 5.32 Å². The second kappa shape index (κ2) is 11.3. The minimum atomic E-state index is -4.59. The predicted molar refractivity (Wildman–Crippen MR) is 145 cm³/mol. The third-order valence-electron chi connectivity index (χ3n) is 7.56. The van der Waals surface area contributed by atoms with Gasteiger partial charge in [-0.1, -0.05) is 41.9 Å². The summed E-state index contributed by atoms with van der Waals surface area (Å²) in [5.41, 5.74) is 2.66. The van der Waals surface area contributed by atoms with Crippen LogP contribution in [0.5, 0.6) is 0 Å². The summed E-state index contributed by atoms with van der Waals surface area (Å²) in [6.07, 6.45) is 2.85. The van der Waals surface area contributed by atoms with Gasteiger partial charge in [-0.3, -0.25) is 9.59 Å². The molecule has 2 aromatic carbocycles. The second-order valence-corrected chi connectivity index (χ2v) is 10.6. The number of hydrogen-bond donors (Lipinski definition) is 2. The fraction of sp³-hybridized carbons (Fsp3) is 0.300. The van der Waals surface area contributed by atoms with Crippen molar-refractivity contribution >= 4 is 29.1 Å². The number of nitrogens with one attached hydrogen (secondary N) is 1. The number of halogens is 4.